The maximum absolute atomic E-state index is 5.67. The SMILES string of the molecule is CCCC(CN)c1nc(-c2ccco2)no1. The van der Waals surface area contributed by atoms with Crippen LogP contribution in [0.15, 0.2) is 27.3 Å². The summed E-state index contributed by atoms with van der Waals surface area (Å²) in [5.74, 6) is 1.83. The van der Waals surface area contributed by atoms with Gasteiger partial charge in [-0.3, -0.25) is 0 Å². The Morgan fingerprint density at radius 1 is 1.50 bits per heavy atom. The van der Waals surface area contributed by atoms with E-state index in [4.69, 9.17) is 14.7 Å². The summed E-state index contributed by atoms with van der Waals surface area (Å²) in [6, 6.07) is 3.59. The van der Waals surface area contributed by atoms with Gasteiger partial charge in [-0.15, -0.1) is 0 Å². The predicted octanol–water partition coefficient (Wildman–Crippen LogP) is 2.17. The van der Waals surface area contributed by atoms with E-state index < -0.39 is 0 Å². The first-order valence-corrected chi connectivity index (χ1v) is 5.42. The van der Waals surface area contributed by atoms with E-state index >= 15 is 0 Å². The van der Waals surface area contributed by atoms with Crippen LogP contribution in [0.1, 0.15) is 31.6 Å². The molecule has 86 valence electrons. The lowest BCUT2D eigenvalue weighted by Crippen LogP contribution is -2.12. The van der Waals surface area contributed by atoms with Crippen LogP contribution in [0.4, 0.5) is 0 Å². The lowest BCUT2D eigenvalue weighted by atomic mass is 10.0. The third-order valence-corrected chi connectivity index (χ3v) is 2.45. The smallest absolute Gasteiger partial charge is 0.238 e. The van der Waals surface area contributed by atoms with Crippen LogP contribution in [0.25, 0.3) is 11.6 Å². The van der Waals surface area contributed by atoms with Crippen molar-refractivity contribution in [2.45, 2.75) is 25.7 Å². The number of nitrogens with zero attached hydrogens (tertiary/aromatic N) is 2. The average Bonchev–Trinajstić information content (AvgIpc) is 2.95. The van der Waals surface area contributed by atoms with E-state index in [0.717, 1.165) is 12.8 Å². The zero-order chi connectivity index (χ0) is 11.4. The second-order valence-corrected chi connectivity index (χ2v) is 3.65. The number of aromatic nitrogens is 2. The second-order valence-electron chi connectivity index (χ2n) is 3.65. The Morgan fingerprint density at radius 3 is 3.00 bits per heavy atom. The molecule has 2 aromatic rings. The molecule has 0 radical (unpaired) electrons. The lowest BCUT2D eigenvalue weighted by molar-refractivity contribution is 0.347. The number of furan rings is 1. The molecule has 16 heavy (non-hydrogen) atoms. The van der Waals surface area contributed by atoms with Gasteiger partial charge in [-0.2, -0.15) is 4.98 Å². The molecule has 2 rings (SSSR count). The largest absolute Gasteiger partial charge is 0.461 e. The Morgan fingerprint density at radius 2 is 2.38 bits per heavy atom. The summed E-state index contributed by atoms with van der Waals surface area (Å²) >= 11 is 0. The molecule has 0 aliphatic carbocycles. The van der Waals surface area contributed by atoms with Crippen molar-refractivity contribution in [3.8, 4) is 11.6 Å². The van der Waals surface area contributed by atoms with Gasteiger partial charge in [-0.25, -0.2) is 0 Å². The molecule has 2 heterocycles. The molecule has 0 bridgehead atoms. The average molecular weight is 221 g/mol. The van der Waals surface area contributed by atoms with Gasteiger partial charge in [0, 0.05) is 6.54 Å². The molecule has 0 saturated carbocycles. The first kappa shape index (κ1) is 10.9. The van der Waals surface area contributed by atoms with Crippen molar-refractivity contribution in [1.29, 1.82) is 0 Å². The lowest BCUT2D eigenvalue weighted by Gasteiger charge is -2.06. The molecule has 5 nitrogen and oxygen atoms in total. The van der Waals surface area contributed by atoms with Crippen molar-refractivity contribution in [2.24, 2.45) is 5.73 Å². The molecule has 0 fully saturated rings. The third-order valence-electron chi connectivity index (χ3n) is 2.45. The molecular formula is C11H15N3O2. The van der Waals surface area contributed by atoms with Crippen LogP contribution in [0, 0.1) is 0 Å². The first-order valence-electron chi connectivity index (χ1n) is 5.42. The minimum Gasteiger partial charge on any atom is -0.461 e. The van der Waals surface area contributed by atoms with E-state index in [2.05, 4.69) is 17.1 Å². The highest BCUT2D eigenvalue weighted by Gasteiger charge is 2.18. The minimum absolute atomic E-state index is 0.140. The summed E-state index contributed by atoms with van der Waals surface area (Å²) in [7, 11) is 0. The van der Waals surface area contributed by atoms with Gasteiger partial charge in [0.1, 0.15) is 0 Å². The summed E-state index contributed by atoms with van der Waals surface area (Å²) in [5, 5.41) is 3.87. The fourth-order valence-corrected chi connectivity index (χ4v) is 1.60. The number of rotatable bonds is 5. The Labute approximate surface area is 93.6 Å². The van der Waals surface area contributed by atoms with Crippen LogP contribution in [-0.4, -0.2) is 16.7 Å². The summed E-state index contributed by atoms with van der Waals surface area (Å²) < 4.78 is 10.4. The Kier molecular flexibility index (Phi) is 3.36. The Bertz CT molecular complexity index is 422. The molecule has 0 aromatic carbocycles. The normalized spacial score (nSPS) is 12.9. The van der Waals surface area contributed by atoms with Crippen molar-refractivity contribution >= 4 is 0 Å². The topological polar surface area (TPSA) is 78.1 Å². The van der Waals surface area contributed by atoms with Gasteiger partial charge in [0.2, 0.25) is 11.7 Å². The zero-order valence-corrected chi connectivity index (χ0v) is 9.22. The van der Waals surface area contributed by atoms with Crippen LogP contribution in [0.2, 0.25) is 0 Å². The quantitative estimate of drug-likeness (QED) is 0.837. The van der Waals surface area contributed by atoms with Gasteiger partial charge in [0.15, 0.2) is 5.76 Å². The molecule has 0 aliphatic rings. The number of hydrogen-bond donors (Lipinski definition) is 1. The highest BCUT2D eigenvalue weighted by atomic mass is 16.5. The monoisotopic (exact) mass is 221 g/mol. The zero-order valence-electron chi connectivity index (χ0n) is 9.22. The van der Waals surface area contributed by atoms with Crippen molar-refractivity contribution in [2.75, 3.05) is 6.54 Å². The van der Waals surface area contributed by atoms with Crippen molar-refractivity contribution in [3.05, 3.63) is 24.3 Å². The standard InChI is InChI=1S/C11H15N3O2/c1-2-4-8(7-12)11-13-10(14-16-11)9-5-3-6-15-9/h3,5-6,8H,2,4,7,12H2,1H3. The van der Waals surface area contributed by atoms with E-state index in [1.165, 1.54) is 0 Å². The van der Waals surface area contributed by atoms with Crippen LogP contribution in [-0.2, 0) is 0 Å². The summed E-state index contributed by atoms with van der Waals surface area (Å²) in [6.07, 6.45) is 3.58. The van der Waals surface area contributed by atoms with Crippen LogP contribution in [0.3, 0.4) is 0 Å². The molecule has 2 aromatic heterocycles. The molecule has 1 unspecified atom stereocenters. The van der Waals surface area contributed by atoms with Crippen molar-refractivity contribution in [1.82, 2.24) is 10.1 Å². The third kappa shape index (κ3) is 2.14. The molecule has 0 amide bonds. The first-order chi connectivity index (χ1) is 7.85. The molecule has 0 spiro atoms. The fourth-order valence-electron chi connectivity index (χ4n) is 1.60. The van der Waals surface area contributed by atoms with Crippen LogP contribution in [0.5, 0.6) is 0 Å². The predicted molar refractivity (Wildman–Crippen MR) is 58.7 cm³/mol. The fraction of sp³-hybridized carbons (Fsp3) is 0.455. The Hall–Kier alpha value is -1.62. The minimum atomic E-state index is 0.140. The number of hydrogen-bond acceptors (Lipinski definition) is 5. The van der Waals surface area contributed by atoms with E-state index in [1.54, 1.807) is 18.4 Å². The molecule has 1 atom stereocenters. The van der Waals surface area contributed by atoms with E-state index in [0.29, 0.717) is 24.0 Å². The van der Waals surface area contributed by atoms with Gasteiger partial charge in [-0.1, -0.05) is 18.5 Å². The van der Waals surface area contributed by atoms with Crippen LogP contribution >= 0.6 is 0 Å². The van der Waals surface area contributed by atoms with Gasteiger partial charge in [0.25, 0.3) is 0 Å². The second kappa shape index (κ2) is 4.94. The van der Waals surface area contributed by atoms with Gasteiger partial charge in [-0.05, 0) is 18.6 Å². The maximum Gasteiger partial charge on any atom is 0.238 e. The van der Waals surface area contributed by atoms with E-state index in [9.17, 15) is 0 Å². The Balaban J connectivity index is 2.18. The van der Waals surface area contributed by atoms with Gasteiger partial charge < -0.3 is 14.7 Å². The molecule has 0 saturated heterocycles. The molecule has 5 heteroatoms. The van der Waals surface area contributed by atoms with Gasteiger partial charge in [0.05, 0.1) is 12.2 Å². The van der Waals surface area contributed by atoms with E-state index in [1.807, 2.05) is 0 Å². The maximum atomic E-state index is 5.67. The summed E-state index contributed by atoms with van der Waals surface area (Å²) in [6.45, 7) is 2.63. The van der Waals surface area contributed by atoms with Crippen LogP contribution < -0.4 is 5.73 Å². The summed E-state index contributed by atoms with van der Waals surface area (Å²) in [5.41, 5.74) is 5.67. The van der Waals surface area contributed by atoms with Gasteiger partial charge >= 0.3 is 0 Å². The molecule has 2 N–H and O–H groups in total. The highest BCUT2D eigenvalue weighted by molar-refractivity contribution is 5.44. The highest BCUT2D eigenvalue weighted by Crippen LogP contribution is 2.22. The van der Waals surface area contributed by atoms with Crippen molar-refractivity contribution in [3.63, 3.8) is 0 Å². The molecule has 0 aliphatic heterocycles. The number of nitrogens with two attached hydrogens (primary N) is 1. The van der Waals surface area contributed by atoms with Crippen molar-refractivity contribution < 1.29 is 8.94 Å². The van der Waals surface area contributed by atoms with E-state index in [-0.39, 0.29) is 5.92 Å². The summed E-state index contributed by atoms with van der Waals surface area (Å²) in [4.78, 5) is 4.29. The molecular weight excluding hydrogens is 206 g/mol.